The summed E-state index contributed by atoms with van der Waals surface area (Å²) in [5, 5.41) is 8.62. The number of nitrogens with zero attached hydrogens (tertiary/aromatic N) is 1. The fraction of sp³-hybridized carbons (Fsp3) is 0.778. The van der Waals surface area contributed by atoms with Crippen molar-refractivity contribution in [2.24, 2.45) is 11.3 Å². The van der Waals surface area contributed by atoms with E-state index in [9.17, 15) is 4.79 Å². The number of nitriles is 1. The second-order valence-corrected chi connectivity index (χ2v) is 3.82. The highest BCUT2D eigenvalue weighted by molar-refractivity contribution is 5.88. The molecule has 1 fully saturated rings. The smallest absolute Gasteiger partial charge is 0.155 e. The molecule has 1 saturated carbocycles. The fourth-order valence-corrected chi connectivity index (χ4v) is 1.60. The summed E-state index contributed by atoms with van der Waals surface area (Å²) < 4.78 is 0. The predicted octanol–water partition coefficient (Wildman–Crippen LogP) is 1.91. The Morgan fingerprint density at radius 1 is 1.64 bits per heavy atom. The molecule has 0 amide bonds. The van der Waals surface area contributed by atoms with E-state index in [0.717, 1.165) is 19.3 Å². The largest absolute Gasteiger partial charge is 0.298 e. The minimum absolute atomic E-state index is 0.131. The monoisotopic (exact) mass is 151 g/mol. The van der Waals surface area contributed by atoms with Crippen molar-refractivity contribution in [2.75, 3.05) is 0 Å². The molecule has 2 nitrogen and oxygen atoms in total. The van der Waals surface area contributed by atoms with Gasteiger partial charge in [0, 0.05) is 5.41 Å². The highest BCUT2D eigenvalue weighted by Gasteiger charge is 2.36. The molecule has 1 atom stereocenters. The van der Waals surface area contributed by atoms with Crippen LogP contribution >= 0.6 is 0 Å². The molecule has 2 heteroatoms. The Bertz CT molecular complexity index is 212. The van der Waals surface area contributed by atoms with E-state index in [2.05, 4.69) is 6.07 Å². The lowest BCUT2D eigenvalue weighted by Crippen LogP contribution is -2.34. The van der Waals surface area contributed by atoms with Crippen LogP contribution < -0.4 is 0 Å². The summed E-state index contributed by atoms with van der Waals surface area (Å²) in [4.78, 5) is 11.5. The first-order chi connectivity index (χ1) is 5.08. The summed E-state index contributed by atoms with van der Waals surface area (Å²) in [6.45, 7) is 3.86. The van der Waals surface area contributed by atoms with Crippen LogP contribution in [0.2, 0.25) is 0 Å². The molecule has 0 aromatic rings. The number of hydrogen-bond acceptors (Lipinski definition) is 2. The highest BCUT2D eigenvalue weighted by Crippen LogP contribution is 2.34. The van der Waals surface area contributed by atoms with Crippen molar-refractivity contribution in [3.8, 4) is 6.07 Å². The zero-order chi connectivity index (χ0) is 8.48. The van der Waals surface area contributed by atoms with Gasteiger partial charge in [0.1, 0.15) is 5.92 Å². The number of ketones is 1. The van der Waals surface area contributed by atoms with Gasteiger partial charge in [-0.2, -0.15) is 5.26 Å². The van der Waals surface area contributed by atoms with Gasteiger partial charge in [0.05, 0.1) is 6.07 Å². The number of rotatable bonds is 0. The van der Waals surface area contributed by atoms with Crippen LogP contribution in [0.15, 0.2) is 0 Å². The molecule has 0 saturated heterocycles. The quantitative estimate of drug-likeness (QED) is 0.530. The van der Waals surface area contributed by atoms with Gasteiger partial charge >= 0.3 is 0 Å². The molecule has 0 unspecified atom stereocenters. The van der Waals surface area contributed by atoms with Crippen molar-refractivity contribution >= 4 is 5.78 Å². The van der Waals surface area contributed by atoms with Crippen LogP contribution in [0.5, 0.6) is 0 Å². The van der Waals surface area contributed by atoms with Crippen molar-refractivity contribution in [3.05, 3.63) is 0 Å². The third-order valence-corrected chi connectivity index (χ3v) is 2.43. The minimum atomic E-state index is -0.334. The molecule has 0 N–H and O–H groups in total. The molecule has 0 aromatic carbocycles. The van der Waals surface area contributed by atoms with Crippen molar-refractivity contribution in [2.45, 2.75) is 33.1 Å². The second kappa shape index (κ2) is 2.65. The average Bonchev–Trinajstić information content (AvgIpc) is 1.95. The average molecular weight is 151 g/mol. The van der Waals surface area contributed by atoms with E-state index in [-0.39, 0.29) is 17.1 Å². The van der Waals surface area contributed by atoms with Gasteiger partial charge in [-0.1, -0.05) is 20.3 Å². The van der Waals surface area contributed by atoms with Crippen LogP contribution in [0.1, 0.15) is 33.1 Å². The minimum Gasteiger partial charge on any atom is -0.298 e. The van der Waals surface area contributed by atoms with Gasteiger partial charge in [-0.3, -0.25) is 4.79 Å². The lowest BCUT2D eigenvalue weighted by atomic mass is 9.71. The summed E-state index contributed by atoms with van der Waals surface area (Å²) >= 11 is 0. The third kappa shape index (κ3) is 1.42. The summed E-state index contributed by atoms with van der Waals surface area (Å²) in [6.07, 6.45) is 2.71. The molecule has 1 rings (SSSR count). The van der Waals surface area contributed by atoms with Crippen LogP contribution in [-0.2, 0) is 4.79 Å². The Balaban J connectivity index is 2.78. The molecule has 0 radical (unpaired) electrons. The molecule has 0 aromatic heterocycles. The van der Waals surface area contributed by atoms with Crippen molar-refractivity contribution in [1.82, 2.24) is 0 Å². The molecule has 1 aliphatic carbocycles. The van der Waals surface area contributed by atoms with Gasteiger partial charge in [0.25, 0.3) is 0 Å². The Morgan fingerprint density at radius 2 is 2.27 bits per heavy atom. The fourth-order valence-electron chi connectivity index (χ4n) is 1.60. The zero-order valence-corrected chi connectivity index (χ0v) is 7.05. The topological polar surface area (TPSA) is 40.9 Å². The van der Waals surface area contributed by atoms with Crippen molar-refractivity contribution in [3.63, 3.8) is 0 Å². The van der Waals surface area contributed by atoms with E-state index in [1.807, 2.05) is 13.8 Å². The molecular formula is C9H13NO. The molecule has 0 aliphatic heterocycles. The molecular weight excluding hydrogens is 138 g/mol. The van der Waals surface area contributed by atoms with E-state index in [4.69, 9.17) is 5.26 Å². The molecule has 1 aliphatic rings. The lowest BCUT2D eigenvalue weighted by molar-refractivity contribution is -0.132. The van der Waals surface area contributed by atoms with Crippen molar-refractivity contribution in [1.29, 1.82) is 5.26 Å². The summed E-state index contributed by atoms with van der Waals surface area (Å²) in [6, 6.07) is 2.06. The van der Waals surface area contributed by atoms with Crippen LogP contribution in [0.25, 0.3) is 0 Å². The Hall–Kier alpha value is -0.840. The van der Waals surface area contributed by atoms with E-state index >= 15 is 0 Å². The number of carbonyl (C=O) groups is 1. The van der Waals surface area contributed by atoms with Gasteiger partial charge in [-0.15, -0.1) is 0 Å². The number of Topliss-reactive ketones (excluding diaryl/α,β-unsaturated/α-hetero) is 1. The summed E-state index contributed by atoms with van der Waals surface area (Å²) in [5.74, 6) is -0.204. The normalized spacial score (nSPS) is 29.5. The van der Waals surface area contributed by atoms with Crippen LogP contribution in [0.4, 0.5) is 0 Å². The number of hydrogen-bond donors (Lipinski definition) is 0. The predicted molar refractivity (Wildman–Crippen MR) is 41.7 cm³/mol. The van der Waals surface area contributed by atoms with E-state index < -0.39 is 0 Å². The van der Waals surface area contributed by atoms with E-state index in [1.165, 1.54) is 0 Å². The first-order valence-electron chi connectivity index (χ1n) is 4.02. The standard InChI is InChI=1S/C9H13NO/c1-9(2)5-3-4-7(6-10)8(9)11/h7H,3-5H2,1-2H3/t7-/m0/s1. The number of carbonyl (C=O) groups excluding carboxylic acids is 1. The molecule has 11 heavy (non-hydrogen) atoms. The maximum absolute atomic E-state index is 11.5. The highest BCUT2D eigenvalue weighted by atomic mass is 16.1. The van der Waals surface area contributed by atoms with Gasteiger partial charge in [-0.05, 0) is 12.8 Å². The lowest BCUT2D eigenvalue weighted by Gasteiger charge is -2.30. The zero-order valence-electron chi connectivity index (χ0n) is 7.05. The molecule has 0 heterocycles. The molecule has 0 spiro atoms. The SMILES string of the molecule is CC1(C)CCC[C@@H](C#N)C1=O. The second-order valence-electron chi connectivity index (χ2n) is 3.82. The van der Waals surface area contributed by atoms with Gasteiger partial charge in [0.2, 0.25) is 0 Å². The van der Waals surface area contributed by atoms with Gasteiger partial charge < -0.3 is 0 Å². The van der Waals surface area contributed by atoms with E-state index in [0.29, 0.717) is 0 Å². The molecule has 60 valence electrons. The van der Waals surface area contributed by atoms with Crippen LogP contribution in [-0.4, -0.2) is 5.78 Å². The Kier molecular flexibility index (Phi) is 1.99. The van der Waals surface area contributed by atoms with E-state index in [1.54, 1.807) is 0 Å². The summed E-state index contributed by atoms with van der Waals surface area (Å²) in [5.41, 5.74) is -0.251. The van der Waals surface area contributed by atoms with Crippen LogP contribution in [0.3, 0.4) is 0 Å². The van der Waals surface area contributed by atoms with Crippen LogP contribution in [0, 0.1) is 22.7 Å². The Labute approximate surface area is 67.2 Å². The Morgan fingerprint density at radius 3 is 2.73 bits per heavy atom. The first kappa shape index (κ1) is 8.26. The van der Waals surface area contributed by atoms with Crippen molar-refractivity contribution < 1.29 is 4.79 Å². The first-order valence-corrected chi connectivity index (χ1v) is 4.02. The van der Waals surface area contributed by atoms with Gasteiger partial charge in [-0.25, -0.2) is 0 Å². The maximum atomic E-state index is 11.5. The summed E-state index contributed by atoms with van der Waals surface area (Å²) in [7, 11) is 0. The maximum Gasteiger partial charge on any atom is 0.155 e. The third-order valence-electron chi connectivity index (χ3n) is 2.43. The molecule has 0 bridgehead atoms. The van der Waals surface area contributed by atoms with Gasteiger partial charge in [0.15, 0.2) is 5.78 Å².